The van der Waals surface area contributed by atoms with Crippen LogP contribution >= 0.6 is 11.6 Å². The highest BCUT2D eigenvalue weighted by Gasteiger charge is 2.32. The largest absolute Gasteiger partial charge is 0.474 e. The number of halogens is 1. The van der Waals surface area contributed by atoms with E-state index < -0.39 is 0 Å². The molecule has 0 saturated carbocycles. The van der Waals surface area contributed by atoms with Crippen LogP contribution in [0.5, 0.6) is 5.88 Å². The minimum Gasteiger partial charge on any atom is -0.474 e. The van der Waals surface area contributed by atoms with E-state index in [2.05, 4.69) is 35.4 Å². The Bertz CT molecular complexity index is 709. The van der Waals surface area contributed by atoms with Gasteiger partial charge in [-0.2, -0.15) is 5.26 Å². The Balaban J connectivity index is 1.74. The van der Waals surface area contributed by atoms with Crippen molar-refractivity contribution in [3.05, 3.63) is 58.7 Å². The van der Waals surface area contributed by atoms with E-state index in [4.69, 9.17) is 21.6 Å². The summed E-state index contributed by atoms with van der Waals surface area (Å²) >= 11 is 6.01. The lowest BCUT2D eigenvalue weighted by Gasteiger charge is -2.36. The second kappa shape index (κ2) is 7.65. The fraction of sp³-hybridized carbons (Fsp3) is 0.368. The van der Waals surface area contributed by atoms with Crippen LogP contribution in [0.15, 0.2) is 42.6 Å². The van der Waals surface area contributed by atoms with Gasteiger partial charge in [-0.3, -0.25) is 0 Å². The number of ether oxygens (including phenoxy) is 1. The third kappa shape index (κ3) is 3.87. The second-order valence-corrected chi connectivity index (χ2v) is 6.57. The molecule has 1 fully saturated rings. The monoisotopic (exact) mass is 341 g/mol. The molecule has 1 unspecified atom stereocenters. The summed E-state index contributed by atoms with van der Waals surface area (Å²) < 4.78 is 6.05. The van der Waals surface area contributed by atoms with Crippen molar-refractivity contribution in [3.63, 3.8) is 0 Å². The smallest absolute Gasteiger partial charge is 0.213 e. The summed E-state index contributed by atoms with van der Waals surface area (Å²) in [7, 11) is 0. The Labute approximate surface area is 147 Å². The Hall–Kier alpha value is -2.09. The molecule has 1 aliphatic rings. The molecule has 0 aliphatic carbocycles. The molecule has 1 N–H and O–H groups in total. The first-order valence-corrected chi connectivity index (χ1v) is 8.54. The second-order valence-electron chi connectivity index (χ2n) is 6.13. The van der Waals surface area contributed by atoms with Crippen molar-refractivity contribution < 1.29 is 4.74 Å². The van der Waals surface area contributed by atoms with Crippen LogP contribution < -0.4 is 10.1 Å². The van der Waals surface area contributed by atoms with Crippen molar-refractivity contribution in [2.75, 3.05) is 13.1 Å². The highest BCUT2D eigenvalue weighted by molar-refractivity contribution is 6.30. The minimum atomic E-state index is 0.0354. The number of rotatable bonds is 4. The maximum atomic E-state index is 8.85. The van der Waals surface area contributed by atoms with Crippen molar-refractivity contribution in [3.8, 4) is 11.9 Å². The maximum Gasteiger partial charge on any atom is 0.213 e. The zero-order valence-electron chi connectivity index (χ0n) is 13.6. The molecule has 0 radical (unpaired) electrons. The third-order valence-electron chi connectivity index (χ3n) is 4.61. The molecule has 24 heavy (non-hydrogen) atoms. The predicted octanol–water partition coefficient (Wildman–Crippen LogP) is 3.77. The van der Waals surface area contributed by atoms with Crippen LogP contribution in [0.2, 0.25) is 5.02 Å². The summed E-state index contributed by atoms with van der Waals surface area (Å²) in [5.41, 5.74) is 1.82. The quantitative estimate of drug-likeness (QED) is 0.919. The first-order valence-electron chi connectivity index (χ1n) is 8.16. The molecule has 5 heteroatoms. The van der Waals surface area contributed by atoms with Crippen LogP contribution in [0.25, 0.3) is 0 Å². The summed E-state index contributed by atoms with van der Waals surface area (Å²) in [4.78, 5) is 4.22. The molecule has 1 saturated heterocycles. The molecular weight excluding hydrogens is 322 g/mol. The molecule has 1 aromatic carbocycles. The zero-order chi connectivity index (χ0) is 16.9. The van der Waals surface area contributed by atoms with Crippen molar-refractivity contribution in [2.45, 2.75) is 25.4 Å². The number of piperidine rings is 1. The molecule has 3 rings (SSSR count). The standard InChI is InChI=1S/C19H20ClN3O/c1-13(24-19-7-2-14(10-21)11-23-19)17-8-9-22-12-18(17)15-3-5-16(20)6-4-15/h2-7,11,13,17-18,22H,8-9,12H2,1H3/t13?,17-,18-/m1/s1. The molecular formula is C19H20ClN3O. The van der Waals surface area contributed by atoms with E-state index in [-0.39, 0.29) is 6.10 Å². The molecule has 1 aromatic heterocycles. The van der Waals surface area contributed by atoms with Gasteiger partial charge in [0.2, 0.25) is 5.88 Å². The SMILES string of the molecule is CC(Oc1ccc(C#N)cn1)[C@H]1CCNC[C@@H]1c1ccc(Cl)cc1. The lowest BCUT2D eigenvalue weighted by atomic mass is 9.78. The number of hydrogen-bond acceptors (Lipinski definition) is 4. The van der Waals surface area contributed by atoms with E-state index >= 15 is 0 Å². The van der Waals surface area contributed by atoms with Gasteiger partial charge in [-0.1, -0.05) is 23.7 Å². The Morgan fingerprint density at radius 2 is 2.08 bits per heavy atom. The number of nitrogens with one attached hydrogen (secondary N) is 1. The van der Waals surface area contributed by atoms with Crippen LogP contribution in [0, 0.1) is 17.2 Å². The van der Waals surface area contributed by atoms with E-state index in [1.54, 1.807) is 18.3 Å². The van der Waals surface area contributed by atoms with Gasteiger partial charge in [0.25, 0.3) is 0 Å². The fourth-order valence-electron chi connectivity index (χ4n) is 3.31. The molecule has 2 heterocycles. The lowest BCUT2D eigenvalue weighted by molar-refractivity contribution is 0.108. The van der Waals surface area contributed by atoms with Crippen LogP contribution in [-0.2, 0) is 0 Å². The molecule has 0 spiro atoms. The topological polar surface area (TPSA) is 57.9 Å². The summed E-state index contributed by atoms with van der Waals surface area (Å²) in [6, 6.07) is 13.6. The van der Waals surface area contributed by atoms with Gasteiger partial charge in [-0.15, -0.1) is 0 Å². The summed E-state index contributed by atoms with van der Waals surface area (Å²) in [5.74, 6) is 1.34. The molecule has 1 aliphatic heterocycles. The van der Waals surface area contributed by atoms with E-state index in [9.17, 15) is 0 Å². The van der Waals surface area contributed by atoms with Gasteiger partial charge in [0, 0.05) is 35.7 Å². The Morgan fingerprint density at radius 3 is 2.75 bits per heavy atom. The minimum absolute atomic E-state index is 0.0354. The predicted molar refractivity (Wildman–Crippen MR) is 94.2 cm³/mol. The number of aromatic nitrogens is 1. The third-order valence-corrected chi connectivity index (χ3v) is 4.86. The van der Waals surface area contributed by atoms with Crippen LogP contribution in [0.3, 0.4) is 0 Å². The molecule has 2 aromatic rings. The van der Waals surface area contributed by atoms with Crippen molar-refractivity contribution >= 4 is 11.6 Å². The van der Waals surface area contributed by atoms with E-state index in [1.807, 2.05) is 12.1 Å². The summed E-state index contributed by atoms with van der Waals surface area (Å²) in [6.07, 6.45) is 2.62. The van der Waals surface area contributed by atoms with Crippen LogP contribution in [-0.4, -0.2) is 24.2 Å². The summed E-state index contributed by atoms with van der Waals surface area (Å²) in [6.45, 7) is 4.02. The van der Waals surface area contributed by atoms with Gasteiger partial charge in [0.05, 0.1) is 5.56 Å². The van der Waals surface area contributed by atoms with E-state index in [1.165, 1.54) is 5.56 Å². The zero-order valence-corrected chi connectivity index (χ0v) is 14.3. The van der Waals surface area contributed by atoms with Gasteiger partial charge in [0.1, 0.15) is 12.2 Å². The summed E-state index contributed by atoms with van der Waals surface area (Å²) in [5, 5.41) is 13.1. The van der Waals surface area contributed by atoms with Crippen molar-refractivity contribution in [1.29, 1.82) is 5.26 Å². The Morgan fingerprint density at radius 1 is 1.29 bits per heavy atom. The average molecular weight is 342 g/mol. The van der Waals surface area contributed by atoms with Crippen molar-refractivity contribution in [2.24, 2.45) is 5.92 Å². The number of nitriles is 1. The Kier molecular flexibility index (Phi) is 5.34. The lowest BCUT2D eigenvalue weighted by Crippen LogP contribution is -2.41. The normalized spacial score (nSPS) is 21.7. The number of pyridine rings is 1. The molecule has 124 valence electrons. The fourth-order valence-corrected chi connectivity index (χ4v) is 3.44. The van der Waals surface area contributed by atoms with Gasteiger partial charge in [-0.25, -0.2) is 4.98 Å². The van der Waals surface area contributed by atoms with E-state index in [0.717, 1.165) is 24.5 Å². The van der Waals surface area contributed by atoms with Crippen LogP contribution in [0.1, 0.15) is 30.4 Å². The first kappa shape index (κ1) is 16.8. The average Bonchev–Trinajstić information content (AvgIpc) is 2.63. The van der Waals surface area contributed by atoms with Gasteiger partial charge in [-0.05, 0) is 43.7 Å². The number of hydrogen-bond donors (Lipinski definition) is 1. The highest BCUT2D eigenvalue weighted by Crippen LogP contribution is 2.33. The van der Waals surface area contributed by atoms with Gasteiger partial charge >= 0.3 is 0 Å². The molecule has 3 atom stereocenters. The molecule has 0 bridgehead atoms. The van der Waals surface area contributed by atoms with Crippen molar-refractivity contribution in [1.82, 2.24) is 10.3 Å². The number of nitrogens with zero attached hydrogens (tertiary/aromatic N) is 2. The molecule has 0 amide bonds. The first-order chi connectivity index (χ1) is 11.7. The molecule has 4 nitrogen and oxygen atoms in total. The van der Waals surface area contributed by atoms with Gasteiger partial charge < -0.3 is 10.1 Å². The number of benzene rings is 1. The van der Waals surface area contributed by atoms with Crippen LogP contribution in [0.4, 0.5) is 0 Å². The van der Waals surface area contributed by atoms with E-state index in [0.29, 0.717) is 23.3 Å². The highest BCUT2D eigenvalue weighted by atomic mass is 35.5. The maximum absolute atomic E-state index is 8.85. The van der Waals surface area contributed by atoms with Gasteiger partial charge in [0.15, 0.2) is 0 Å².